The predicted molar refractivity (Wildman–Crippen MR) is 47.1 cm³/mol. The zero-order valence-electron chi connectivity index (χ0n) is 7.50. The largest absolute Gasteiger partial charge is 0.508 e. The van der Waals surface area contributed by atoms with Crippen molar-refractivity contribution in [1.29, 1.82) is 0 Å². The monoisotopic (exact) mass is 178 g/mol. The van der Waals surface area contributed by atoms with E-state index in [1.165, 1.54) is 12.1 Å². The van der Waals surface area contributed by atoms with Gasteiger partial charge in [0.15, 0.2) is 5.60 Å². The molecule has 0 fully saturated rings. The van der Waals surface area contributed by atoms with Gasteiger partial charge in [-0.3, -0.25) is 4.79 Å². The second-order valence-electron chi connectivity index (χ2n) is 3.62. The first-order chi connectivity index (χ1) is 6.00. The molecule has 0 radical (unpaired) electrons. The van der Waals surface area contributed by atoms with E-state index in [0.717, 1.165) is 0 Å². The number of hydrogen-bond donors (Lipinski definition) is 1. The van der Waals surface area contributed by atoms with Gasteiger partial charge in [-0.05, 0) is 32.0 Å². The van der Waals surface area contributed by atoms with E-state index in [1.807, 2.05) is 0 Å². The van der Waals surface area contributed by atoms with Crippen LogP contribution in [0.1, 0.15) is 24.2 Å². The number of Topliss-reactive ketones (excluding diaryl/α,β-unsaturated/α-hetero) is 1. The first kappa shape index (κ1) is 8.10. The van der Waals surface area contributed by atoms with Crippen LogP contribution in [0.3, 0.4) is 0 Å². The van der Waals surface area contributed by atoms with Crippen LogP contribution in [0.5, 0.6) is 11.5 Å². The van der Waals surface area contributed by atoms with Crippen molar-refractivity contribution in [3.8, 4) is 11.5 Å². The van der Waals surface area contributed by atoms with Crippen LogP contribution in [0.2, 0.25) is 0 Å². The molecular weight excluding hydrogens is 168 g/mol. The molecule has 0 amide bonds. The summed E-state index contributed by atoms with van der Waals surface area (Å²) in [5, 5.41) is 9.18. The van der Waals surface area contributed by atoms with Crippen molar-refractivity contribution in [3.05, 3.63) is 23.8 Å². The second kappa shape index (κ2) is 2.25. The van der Waals surface area contributed by atoms with Gasteiger partial charge in [-0.25, -0.2) is 0 Å². The van der Waals surface area contributed by atoms with E-state index in [-0.39, 0.29) is 11.5 Å². The number of hydrogen-bond acceptors (Lipinski definition) is 3. The van der Waals surface area contributed by atoms with Crippen LogP contribution in [0.25, 0.3) is 0 Å². The van der Waals surface area contributed by atoms with Crippen molar-refractivity contribution in [1.82, 2.24) is 0 Å². The second-order valence-corrected chi connectivity index (χ2v) is 3.62. The van der Waals surface area contributed by atoms with Gasteiger partial charge in [0.2, 0.25) is 5.78 Å². The smallest absolute Gasteiger partial charge is 0.209 e. The maximum atomic E-state index is 11.6. The third-order valence-corrected chi connectivity index (χ3v) is 2.12. The average Bonchev–Trinajstić information content (AvgIpc) is 2.26. The molecule has 1 aromatic rings. The molecule has 0 spiro atoms. The molecule has 0 bridgehead atoms. The normalized spacial score (nSPS) is 18.2. The quantitative estimate of drug-likeness (QED) is 0.658. The first-order valence-corrected chi connectivity index (χ1v) is 4.07. The molecule has 1 aromatic carbocycles. The van der Waals surface area contributed by atoms with Crippen LogP contribution in [0, 0.1) is 0 Å². The number of carbonyl (C=O) groups is 1. The van der Waals surface area contributed by atoms with Crippen LogP contribution < -0.4 is 4.74 Å². The molecule has 0 aliphatic carbocycles. The molecule has 2 rings (SSSR count). The highest BCUT2D eigenvalue weighted by Crippen LogP contribution is 2.36. The highest BCUT2D eigenvalue weighted by Gasteiger charge is 2.39. The molecule has 1 aliphatic rings. The van der Waals surface area contributed by atoms with Gasteiger partial charge in [0.05, 0.1) is 5.56 Å². The van der Waals surface area contributed by atoms with Gasteiger partial charge in [-0.2, -0.15) is 0 Å². The number of carbonyl (C=O) groups excluding carboxylic acids is 1. The van der Waals surface area contributed by atoms with Gasteiger partial charge < -0.3 is 9.84 Å². The van der Waals surface area contributed by atoms with E-state index in [0.29, 0.717) is 11.3 Å². The Kier molecular flexibility index (Phi) is 1.40. The molecule has 0 unspecified atom stereocenters. The number of ketones is 1. The summed E-state index contributed by atoms with van der Waals surface area (Å²) in [6.45, 7) is 3.43. The van der Waals surface area contributed by atoms with Crippen molar-refractivity contribution in [3.63, 3.8) is 0 Å². The summed E-state index contributed by atoms with van der Waals surface area (Å²) in [5.41, 5.74) is -0.333. The zero-order valence-corrected chi connectivity index (χ0v) is 7.50. The van der Waals surface area contributed by atoms with Gasteiger partial charge in [-0.15, -0.1) is 0 Å². The van der Waals surface area contributed by atoms with Crippen molar-refractivity contribution >= 4 is 5.78 Å². The van der Waals surface area contributed by atoms with Crippen molar-refractivity contribution in [2.45, 2.75) is 19.4 Å². The third-order valence-electron chi connectivity index (χ3n) is 2.12. The molecule has 3 nitrogen and oxygen atoms in total. The van der Waals surface area contributed by atoms with Crippen LogP contribution >= 0.6 is 0 Å². The van der Waals surface area contributed by atoms with Crippen molar-refractivity contribution < 1.29 is 14.6 Å². The Hall–Kier alpha value is -1.51. The Bertz CT molecular complexity index is 380. The predicted octanol–water partition coefficient (Wildman–Crippen LogP) is 1.75. The molecule has 1 aliphatic heterocycles. The Balaban J connectivity index is 2.57. The fourth-order valence-corrected chi connectivity index (χ4v) is 1.43. The van der Waals surface area contributed by atoms with Crippen LogP contribution in [0.15, 0.2) is 18.2 Å². The average molecular weight is 178 g/mol. The standard InChI is InChI=1S/C10H10O3/c1-10(2)9(12)7-5-6(11)3-4-8(7)13-10/h3-5,11H,1-2H3. The molecule has 13 heavy (non-hydrogen) atoms. The van der Waals surface area contributed by atoms with Gasteiger partial charge >= 0.3 is 0 Å². The highest BCUT2D eigenvalue weighted by molar-refractivity contribution is 6.07. The molecular formula is C10H10O3. The first-order valence-electron chi connectivity index (χ1n) is 4.07. The zero-order chi connectivity index (χ0) is 9.64. The summed E-state index contributed by atoms with van der Waals surface area (Å²) in [6.07, 6.45) is 0. The van der Waals surface area contributed by atoms with E-state index in [1.54, 1.807) is 19.9 Å². The fraction of sp³-hybridized carbons (Fsp3) is 0.300. The summed E-state index contributed by atoms with van der Waals surface area (Å²) in [5.74, 6) is 0.555. The van der Waals surface area contributed by atoms with E-state index < -0.39 is 5.60 Å². The minimum absolute atomic E-state index is 0.0848. The summed E-state index contributed by atoms with van der Waals surface area (Å²) in [4.78, 5) is 11.6. The van der Waals surface area contributed by atoms with Crippen molar-refractivity contribution in [2.24, 2.45) is 0 Å². The van der Waals surface area contributed by atoms with Crippen LogP contribution in [-0.4, -0.2) is 16.5 Å². The number of phenolic OH excluding ortho intramolecular Hbond substituents is 1. The van der Waals surface area contributed by atoms with Gasteiger partial charge in [0, 0.05) is 0 Å². The maximum Gasteiger partial charge on any atom is 0.209 e. The molecule has 1 N–H and O–H groups in total. The third kappa shape index (κ3) is 1.08. The SMILES string of the molecule is CC1(C)Oc2ccc(O)cc2C1=O. The summed E-state index contributed by atoms with van der Waals surface area (Å²) in [6, 6.07) is 4.55. The minimum Gasteiger partial charge on any atom is -0.508 e. The van der Waals surface area contributed by atoms with E-state index in [9.17, 15) is 9.90 Å². The molecule has 68 valence electrons. The van der Waals surface area contributed by atoms with Gasteiger partial charge in [0.25, 0.3) is 0 Å². The summed E-state index contributed by atoms with van der Waals surface area (Å²) >= 11 is 0. The molecule has 0 saturated carbocycles. The van der Waals surface area contributed by atoms with Gasteiger partial charge in [-0.1, -0.05) is 0 Å². The van der Waals surface area contributed by atoms with Crippen LogP contribution in [-0.2, 0) is 0 Å². The van der Waals surface area contributed by atoms with Crippen molar-refractivity contribution in [2.75, 3.05) is 0 Å². The lowest BCUT2D eigenvalue weighted by molar-refractivity contribution is 0.0684. The number of fused-ring (bicyclic) bond motifs is 1. The van der Waals surface area contributed by atoms with E-state index in [2.05, 4.69) is 0 Å². The summed E-state index contributed by atoms with van der Waals surface area (Å²) in [7, 11) is 0. The Morgan fingerprint density at radius 3 is 2.77 bits per heavy atom. The lowest BCUT2D eigenvalue weighted by Crippen LogP contribution is -2.31. The number of aromatic hydroxyl groups is 1. The van der Waals surface area contributed by atoms with E-state index >= 15 is 0 Å². The number of benzene rings is 1. The Morgan fingerprint density at radius 2 is 2.08 bits per heavy atom. The lowest BCUT2D eigenvalue weighted by atomic mass is 10.00. The lowest BCUT2D eigenvalue weighted by Gasteiger charge is -2.14. The van der Waals surface area contributed by atoms with E-state index in [4.69, 9.17) is 4.74 Å². The molecule has 0 atom stereocenters. The Morgan fingerprint density at radius 1 is 1.38 bits per heavy atom. The maximum absolute atomic E-state index is 11.6. The molecule has 3 heteroatoms. The number of rotatable bonds is 0. The number of phenols is 1. The molecule has 1 heterocycles. The minimum atomic E-state index is -0.796. The topological polar surface area (TPSA) is 46.5 Å². The van der Waals surface area contributed by atoms with Crippen LogP contribution in [0.4, 0.5) is 0 Å². The number of ether oxygens (including phenoxy) is 1. The fourth-order valence-electron chi connectivity index (χ4n) is 1.43. The molecule has 0 saturated heterocycles. The summed E-state index contributed by atoms with van der Waals surface area (Å²) < 4.78 is 5.40. The van der Waals surface area contributed by atoms with Gasteiger partial charge in [0.1, 0.15) is 11.5 Å². The Labute approximate surface area is 76.0 Å². The molecule has 0 aromatic heterocycles. The highest BCUT2D eigenvalue weighted by atomic mass is 16.5.